The molecule has 0 atom stereocenters. The number of hydrogen-bond acceptors (Lipinski definition) is 2. The highest BCUT2D eigenvalue weighted by Gasteiger charge is 2.03. The maximum absolute atomic E-state index is 5.32. The van der Waals surface area contributed by atoms with Crippen molar-refractivity contribution in [1.82, 2.24) is 15.6 Å². The van der Waals surface area contributed by atoms with Crippen molar-refractivity contribution in [1.29, 1.82) is 0 Å². The summed E-state index contributed by atoms with van der Waals surface area (Å²) in [6.07, 6.45) is 4.03. The number of nitrogens with one attached hydrogen (secondary N) is 3. The first kappa shape index (κ1) is 19.8. The van der Waals surface area contributed by atoms with Crippen LogP contribution in [0, 0.1) is 0 Å². The average Bonchev–Trinajstić information content (AvgIpc) is 2.96. The van der Waals surface area contributed by atoms with Crippen LogP contribution in [0.4, 0.5) is 0 Å². The smallest absolute Gasteiger partial charge is 0.190 e. The molecule has 6 heteroatoms. The third-order valence-electron chi connectivity index (χ3n) is 3.55. The van der Waals surface area contributed by atoms with Crippen LogP contribution in [0.1, 0.15) is 18.9 Å². The van der Waals surface area contributed by atoms with Crippen molar-refractivity contribution in [3.05, 3.63) is 36.0 Å². The van der Waals surface area contributed by atoms with E-state index in [0.717, 1.165) is 45.1 Å². The largest absolute Gasteiger partial charge is 0.382 e. The number of aromatic nitrogens is 1. The molecular formula is C17H27IN4O. The van der Waals surface area contributed by atoms with Gasteiger partial charge in [0.25, 0.3) is 0 Å². The number of fused-ring (bicyclic) bond motifs is 1. The van der Waals surface area contributed by atoms with Crippen LogP contribution in [-0.4, -0.2) is 44.3 Å². The van der Waals surface area contributed by atoms with E-state index in [1.165, 1.54) is 16.5 Å². The first-order valence-electron chi connectivity index (χ1n) is 7.92. The maximum atomic E-state index is 5.32. The highest BCUT2D eigenvalue weighted by atomic mass is 127. The molecule has 0 radical (unpaired) electrons. The van der Waals surface area contributed by atoms with Crippen molar-refractivity contribution in [3.63, 3.8) is 0 Å². The van der Waals surface area contributed by atoms with Crippen molar-refractivity contribution >= 4 is 40.8 Å². The maximum Gasteiger partial charge on any atom is 0.190 e. The van der Waals surface area contributed by atoms with Gasteiger partial charge in [0.2, 0.25) is 0 Å². The molecule has 0 fully saturated rings. The Bertz CT molecular complexity index is 597. The summed E-state index contributed by atoms with van der Waals surface area (Å²) in [5.74, 6) is 0.844. The quantitative estimate of drug-likeness (QED) is 0.261. The number of ether oxygens (including phenoxy) is 1. The third-order valence-corrected chi connectivity index (χ3v) is 3.55. The number of benzene rings is 1. The van der Waals surface area contributed by atoms with Gasteiger partial charge < -0.3 is 20.4 Å². The molecule has 0 saturated carbocycles. The molecule has 0 spiro atoms. The Kier molecular flexibility index (Phi) is 9.70. The van der Waals surface area contributed by atoms with Gasteiger partial charge in [0.05, 0.1) is 0 Å². The number of aliphatic imine (C=N–C) groups is 1. The van der Waals surface area contributed by atoms with E-state index in [4.69, 9.17) is 4.74 Å². The van der Waals surface area contributed by atoms with E-state index in [2.05, 4.69) is 51.1 Å². The first-order chi connectivity index (χ1) is 10.8. The Balaban J connectivity index is 0.00000264. The van der Waals surface area contributed by atoms with Gasteiger partial charge in [-0.15, -0.1) is 24.0 Å². The van der Waals surface area contributed by atoms with Crippen molar-refractivity contribution in [2.45, 2.75) is 19.8 Å². The predicted molar refractivity (Wildman–Crippen MR) is 108 cm³/mol. The zero-order valence-electron chi connectivity index (χ0n) is 13.9. The number of para-hydroxylation sites is 1. The van der Waals surface area contributed by atoms with E-state index in [1.807, 2.05) is 6.92 Å². The standard InChI is InChI=1S/C17H26N4O.HI/c1-3-22-12-6-10-19-17(18-2)20-11-9-14-13-21-16-8-5-4-7-15(14)16;/h4-5,7-8,13,21H,3,6,9-12H2,1-2H3,(H2,18,19,20);1H. The second-order valence-corrected chi connectivity index (χ2v) is 5.09. The number of aromatic amines is 1. The molecule has 128 valence electrons. The Morgan fingerprint density at radius 2 is 2.00 bits per heavy atom. The van der Waals surface area contributed by atoms with Gasteiger partial charge in [-0.1, -0.05) is 18.2 Å². The average molecular weight is 430 g/mol. The molecule has 1 aromatic carbocycles. The number of hydrogen-bond donors (Lipinski definition) is 3. The lowest BCUT2D eigenvalue weighted by molar-refractivity contribution is 0.145. The Morgan fingerprint density at radius 1 is 1.22 bits per heavy atom. The van der Waals surface area contributed by atoms with Crippen LogP contribution in [0.5, 0.6) is 0 Å². The highest BCUT2D eigenvalue weighted by molar-refractivity contribution is 14.0. The zero-order chi connectivity index (χ0) is 15.6. The molecule has 0 saturated heterocycles. The lowest BCUT2D eigenvalue weighted by Crippen LogP contribution is -2.39. The molecule has 0 aliphatic heterocycles. The molecule has 1 heterocycles. The summed E-state index contributed by atoms with van der Waals surface area (Å²) in [6, 6.07) is 8.38. The van der Waals surface area contributed by atoms with Gasteiger partial charge in [0.15, 0.2) is 5.96 Å². The summed E-state index contributed by atoms with van der Waals surface area (Å²) in [5.41, 5.74) is 2.52. The van der Waals surface area contributed by atoms with Crippen LogP contribution >= 0.6 is 24.0 Å². The van der Waals surface area contributed by atoms with E-state index in [0.29, 0.717) is 0 Å². The van der Waals surface area contributed by atoms with Crippen molar-refractivity contribution in [2.75, 3.05) is 33.4 Å². The first-order valence-corrected chi connectivity index (χ1v) is 7.92. The molecule has 0 amide bonds. The van der Waals surface area contributed by atoms with Crippen LogP contribution in [0.25, 0.3) is 10.9 Å². The molecule has 1 aromatic heterocycles. The lowest BCUT2D eigenvalue weighted by Gasteiger charge is -2.11. The minimum absolute atomic E-state index is 0. The predicted octanol–water partition coefficient (Wildman–Crippen LogP) is 2.92. The number of H-pyrrole nitrogens is 1. The van der Waals surface area contributed by atoms with E-state index < -0.39 is 0 Å². The topological polar surface area (TPSA) is 61.4 Å². The fraction of sp³-hybridized carbons (Fsp3) is 0.471. The summed E-state index contributed by atoms with van der Waals surface area (Å²) < 4.78 is 5.32. The van der Waals surface area contributed by atoms with Crippen LogP contribution < -0.4 is 10.6 Å². The van der Waals surface area contributed by atoms with Crippen molar-refractivity contribution < 1.29 is 4.74 Å². The van der Waals surface area contributed by atoms with Gasteiger partial charge in [-0.3, -0.25) is 4.99 Å². The molecule has 0 aliphatic carbocycles. The summed E-state index contributed by atoms with van der Waals surface area (Å²) in [6.45, 7) is 5.30. The number of rotatable bonds is 8. The fourth-order valence-electron chi connectivity index (χ4n) is 2.40. The molecule has 23 heavy (non-hydrogen) atoms. The monoisotopic (exact) mass is 430 g/mol. The summed E-state index contributed by atoms with van der Waals surface area (Å²) >= 11 is 0. The van der Waals surface area contributed by atoms with Gasteiger partial charge in [0, 0.05) is 50.5 Å². The van der Waals surface area contributed by atoms with Crippen LogP contribution in [-0.2, 0) is 11.2 Å². The lowest BCUT2D eigenvalue weighted by atomic mass is 10.1. The normalized spacial score (nSPS) is 11.3. The Labute approximate surface area is 155 Å². The Morgan fingerprint density at radius 3 is 2.78 bits per heavy atom. The van der Waals surface area contributed by atoms with Crippen LogP contribution in [0.3, 0.4) is 0 Å². The minimum atomic E-state index is 0. The number of halogens is 1. The fourth-order valence-corrected chi connectivity index (χ4v) is 2.40. The second-order valence-electron chi connectivity index (χ2n) is 5.09. The van der Waals surface area contributed by atoms with Crippen LogP contribution in [0.15, 0.2) is 35.5 Å². The molecule has 5 nitrogen and oxygen atoms in total. The van der Waals surface area contributed by atoms with Gasteiger partial charge >= 0.3 is 0 Å². The molecule has 3 N–H and O–H groups in total. The molecule has 0 bridgehead atoms. The third kappa shape index (κ3) is 6.39. The molecule has 0 aliphatic rings. The molecule has 2 aromatic rings. The summed E-state index contributed by atoms with van der Waals surface area (Å²) in [7, 11) is 1.80. The highest BCUT2D eigenvalue weighted by Crippen LogP contribution is 2.17. The van der Waals surface area contributed by atoms with Crippen molar-refractivity contribution in [3.8, 4) is 0 Å². The van der Waals surface area contributed by atoms with Gasteiger partial charge in [-0.25, -0.2) is 0 Å². The summed E-state index contributed by atoms with van der Waals surface area (Å²) in [4.78, 5) is 7.54. The minimum Gasteiger partial charge on any atom is -0.382 e. The molecule has 0 unspecified atom stereocenters. The number of guanidine groups is 1. The van der Waals surface area contributed by atoms with Crippen molar-refractivity contribution in [2.24, 2.45) is 4.99 Å². The number of nitrogens with zero attached hydrogens (tertiary/aromatic N) is 1. The second kappa shape index (κ2) is 11.3. The molecule has 2 rings (SSSR count). The van der Waals surface area contributed by atoms with Gasteiger partial charge in [-0.2, -0.15) is 0 Å². The van der Waals surface area contributed by atoms with E-state index in [1.54, 1.807) is 7.05 Å². The van der Waals surface area contributed by atoms with E-state index >= 15 is 0 Å². The zero-order valence-corrected chi connectivity index (χ0v) is 16.2. The van der Waals surface area contributed by atoms with E-state index in [-0.39, 0.29) is 24.0 Å². The van der Waals surface area contributed by atoms with Gasteiger partial charge in [-0.05, 0) is 31.4 Å². The summed E-state index contributed by atoms with van der Waals surface area (Å²) in [5, 5.41) is 7.94. The van der Waals surface area contributed by atoms with E-state index in [9.17, 15) is 0 Å². The SMILES string of the molecule is CCOCCCNC(=NC)NCCc1c[nH]c2ccccc12.I. The van der Waals surface area contributed by atoms with Gasteiger partial charge in [0.1, 0.15) is 0 Å². The Hall–Kier alpha value is -1.28. The van der Waals surface area contributed by atoms with Crippen LogP contribution in [0.2, 0.25) is 0 Å². The molecular weight excluding hydrogens is 403 g/mol.